The molecular weight excluding hydrogens is 206 g/mol. The second-order valence-electron chi connectivity index (χ2n) is 5.15. The summed E-state index contributed by atoms with van der Waals surface area (Å²) in [6, 6.07) is 0. The van der Waals surface area contributed by atoms with Gasteiger partial charge in [-0.2, -0.15) is 0 Å². The van der Waals surface area contributed by atoms with Gasteiger partial charge in [0.2, 0.25) is 0 Å². The topological polar surface area (TPSA) is 12.0 Å². The average molecular weight is 237 g/mol. The minimum Gasteiger partial charge on any atom is -0.392 e. The molecule has 0 aromatic carbocycles. The predicted molar refractivity (Wildman–Crippen MR) is 79.1 cm³/mol. The molecule has 1 nitrogen and oxygen atoms in total. The van der Waals surface area contributed by atoms with E-state index in [9.17, 15) is 0 Å². The van der Waals surface area contributed by atoms with Gasteiger partial charge in [-0.05, 0) is 45.4 Å². The zero-order valence-corrected chi connectivity index (χ0v) is 12.7. The van der Waals surface area contributed by atoms with Gasteiger partial charge >= 0.3 is 0 Å². The Labute approximate surface area is 108 Å². The Morgan fingerprint density at radius 2 is 1.88 bits per heavy atom. The van der Waals surface area contributed by atoms with Gasteiger partial charge in [-0.1, -0.05) is 44.4 Å². The van der Waals surface area contributed by atoms with Crippen molar-refractivity contribution < 1.29 is 0 Å². The van der Waals surface area contributed by atoms with Crippen LogP contribution in [0.3, 0.4) is 0 Å². The second kappa shape index (κ2) is 9.32. The third-order valence-electron chi connectivity index (χ3n) is 3.66. The second-order valence-corrected chi connectivity index (χ2v) is 5.15. The highest BCUT2D eigenvalue weighted by Crippen LogP contribution is 2.21. The van der Waals surface area contributed by atoms with Crippen molar-refractivity contribution in [1.29, 1.82) is 0 Å². The standard InChI is InChI=1S/C16H31N/c1-7-9-16(11-10-13(3)8-2)12-14(4)15(5)17-6/h9,13,17H,7-8,10-12H2,1-6H3/b15-14+,16-9+. The van der Waals surface area contributed by atoms with Gasteiger partial charge in [0.1, 0.15) is 0 Å². The van der Waals surface area contributed by atoms with Crippen molar-refractivity contribution in [2.45, 2.75) is 66.7 Å². The van der Waals surface area contributed by atoms with Gasteiger partial charge in [0.25, 0.3) is 0 Å². The van der Waals surface area contributed by atoms with Gasteiger partial charge in [-0.15, -0.1) is 0 Å². The Balaban J connectivity index is 4.41. The molecule has 100 valence electrons. The van der Waals surface area contributed by atoms with Gasteiger partial charge in [0.05, 0.1) is 0 Å². The molecule has 17 heavy (non-hydrogen) atoms. The van der Waals surface area contributed by atoms with Crippen LogP contribution in [0.15, 0.2) is 22.9 Å². The summed E-state index contributed by atoms with van der Waals surface area (Å²) in [5.74, 6) is 0.852. The van der Waals surface area contributed by atoms with Crippen LogP contribution in [0.5, 0.6) is 0 Å². The summed E-state index contributed by atoms with van der Waals surface area (Å²) in [4.78, 5) is 0. The van der Waals surface area contributed by atoms with Crippen LogP contribution in [0, 0.1) is 5.92 Å². The van der Waals surface area contributed by atoms with E-state index in [0.29, 0.717) is 0 Å². The van der Waals surface area contributed by atoms with E-state index in [4.69, 9.17) is 0 Å². The summed E-state index contributed by atoms with van der Waals surface area (Å²) in [6.07, 6.45) is 8.59. The summed E-state index contributed by atoms with van der Waals surface area (Å²) in [7, 11) is 2.00. The molecule has 0 saturated heterocycles. The zero-order valence-electron chi connectivity index (χ0n) is 12.7. The molecule has 0 saturated carbocycles. The van der Waals surface area contributed by atoms with Gasteiger partial charge in [0.15, 0.2) is 0 Å². The maximum absolute atomic E-state index is 3.24. The Morgan fingerprint density at radius 1 is 1.24 bits per heavy atom. The molecule has 0 rings (SSSR count). The molecule has 1 heteroatoms. The minimum atomic E-state index is 0.852. The van der Waals surface area contributed by atoms with E-state index in [1.807, 2.05) is 7.05 Å². The number of hydrogen-bond acceptors (Lipinski definition) is 1. The van der Waals surface area contributed by atoms with E-state index < -0.39 is 0 Å². The molecule has 0 radical (unpaired) electrons. The summed E-state index contributed by atoms with van der Waals surface area (Å²) in [5.41, 5.74) is 4.40. The van der Waals surface area contributed by atoms with E-state index >= 15 is 0 Å². The van der Waals surface area contributed by atoms with Crippen LogP contribution in [-0.4, -0.2) is 7.05 Å². The number of rotatable bonds is 8. The van der Waals surface area contributed by atoms with Crippen LogP contribution in [0.25, 0.3) is 0 Å². The van der Waals surface area contributed by atoms with Crippen LogP contribution < -0.4 is 5.32 Å². The van der Waals surface area contributed by atoms with Gasteiger partial charge < -0.3 is 5.32 Å². The maximum Gasteiger partial charge on any atom is 0.00647 e. The fourth-order valence-electron chi connectivity index (χ4n) is 1.87. The lowest BCUT2D eigenvalue weighted by atomic mass is 9.94. The van der Waals surface area contributed by atoms with Crippen molar-refractivity contribution >= 4 is 0 Å². The first-order valence-corrected chi connectivity index (χ1v) is 7.07. The summed E-state index contributed by atoms with van der Waals surface area (Å²) < 4.78 is 0. The normalized spacial score (nSPS) is 15.5. The maximum atomic E-state index is 3.24. The molecule has 0 spiro atoms. The van der Waals surface area contributed by atoms with Crippen molar-refractivity contribution in [3.05, 3.63) is 22.9 Å². The fourth-order valence-corrected chi connectivity index (χ4v) is 1.87. The lowest BCUT2D eigenvalue weighted by molar-refractivity contribution is 0.512. The number of hydrogen-bond donors (Lipinski definition) is 1. The summed E-state index contributed by atoms with van der Waals surface area (Å²) in [6.45, 7) is 11.3. The first kappa shape index (κ1) is 16.3. The first-order valence-electron chi connectivity index (χ1n) is 7.07. The van der Waals surface area contributed by atoms with Gasteiger partial charge in [-0.3, -0.25) is 0 Å². The quantitative estimate of drug-likeness (QED) is 0.582. The molecule has 1 atom stereocenters. The van der Waals surface area contributed by atoms with Crippen molar-refractivity contribution in [3.63, 3.8) is 0 Å². The molecule has 0 bridgehead atoms. The third-order valence-corrected chi connectivity index (χ3v) is 3.66. The number of allylic oxidation sites excluding steroid dienone is 4. The SMILES string of the molecule is CC/C=C(\CCC(C)CC)C/C(C)=C(\C)NC. The Morgan fingerprint density at radius 3 is 2.35 bits per heavy atom. The lowest BCUT2D eigenvalue weighted by Gasteiger charge is -2.13. The van der Waals surface area contributed by atoms with E-state index in [0.717, 1.165) is 18.8 Å². The van der Waals surface area contributed by atoms with Crippen molar-refractivity contribution in [2.75, 3.05) is 7.05 Å². The highest BCUT2D eigenvalue weighted by Gasteiger charge is 2.04. The molecule has 0 aliphatic heterocycles. The predicted octanol–water partition coefficient (Wildman–Crippen LogP) is 5.05. The fraction of sp³-hybridized carbons (Fsp3) is 0.750. The van der Waals surface area contributed by atoms with Gasteiger partial charge in [0, 0.05) is 12.7 Å². The van der Waals surface area contributed by atoms with Crippen molar-refractivity contribution in [1.82, 2.24) is 5.32 Å². The van der Waals surface area contributed by atoms with Crippen LogP contribution >= 0.6 is 0 Å². The minimum absolute atomic E-state index is 0.852. The molecule has 0 heterocycles. The Bertz CT molecular complexity index is 261. The molecule has 1 N–H and O–H groups in total. The lowest BCUT2D eigenvalue weighted by Crippen LogP contribution is -2.05. The van der Waals surface area contributed by atoms with Crippen LogP contribution in [-0.2, 0) is 0 Å². The van der Waals surface area contributed by atoms with Crippen molar-refractivity contribution in [2.24, 2.45) is 5.92 Å². The van der Waals surface area contributed by atoms with E-state index in [1.54, 1.807) is 5.57 Å². The molecule has 0 aromatic heterocycles. The van der Waals surface area contributed by atoms with Crippen LogP contribution in [0.4, 0.5) is 0 Å². The Kier molecular flexibility index (Phi) is 8.93. The monoisotopic (exact) mass is 237 g/mol. The first-order chi connectivity index (χ1) is 8.04. The molecule has 0 aromatic rings. The van der Waals surface area contributed by atoms with Crippen molar-refractivity contribution in [3.8, 4) is 0 Å². The average Bonchev–Trinajstić information content (AvgIpc) is 2.34. The molecule has 1 unspecified atom stereocenters. The van der Waals surface area contributed by atoms with E-state index in [1.165, 1.54) is 30.5 Å². The third kappa shape index (κ3) is 7.25. The number of nitrogens with one attached hydrogen (secondary N) is 1. The highest BCUT2D eigenvalue weighted by molar-refractivity contribution is 5.17. The highest BCUT2D eigenvalue weighted by atomic mass is 14.8. The van der Waals surface area contributed by atoms with Crippen LogP contribution in [0.1, 0.15) is 66.7 Å². The molecule has 0 aliphatic carbocycles. The Hall–Kier alpha value is -0.720. The zero-order chi connectivity index (χ0) is 13.3. The molecule has 0 fully saturated rings. The molecule has 0 aliphatic rings. The smallest absolute Gasteiger partial charge is 0.00647 e. The largest absolute Gasteiger partial charge is 0.392 e. The summed E-state index contributed by atoms with van der Waals surface area (Å²) in [5, 5.41) is 3.24. The summed E-state index contributed by atoms with van der Waals surface area (Å²) >= 11 is 0. The van der Waals surface area contributed by atoms with E-state index in [-0.39, 0.29) is 0 Å². The van der Waals surface area contributed by atoms with Crippen LogP contribution in [0.2, 0.25) is 0 Å². The molecule has 0 amide bonds. The van der Waals surface area contributed by atoms with E-state index in [2.05, 4.69) is 46.0 Å². The molecular formula is C16H31N. The van der Waals surface area contributed by atoms with Gasteiger partial charge in [-0.25, -0.2) is 0 Å².